The lowest BCUT2D eigenvalue weighted by atomic mass is 9.96. The van der Waals surface area contributed by atoms with Crippen molar-refractivity contribution in [3.05, 3.63) is 88.6 Å². The van der Waals surface area contributed by atoms with Gasteiger partial charge in [-0.05, 0) is 80.3 Å². The maximum atomic E-state index is 16.4. The maximum absolute atomic E-state index is 16.4. The Bertz CT molecular complexity index is 1840. The van der Waals surface area contributed by atoms with Crippen LogP contribution in [0.3, 0.4) is 0 Å². The molecule has 0 saturated heterocycles. The van der Waals surface area contributed by atoms with Gasteiger partial charge in [-0.25, -0.2) is 17.7 Å². The Morgan fingerprint density at radius 3 is 2.41 bits per heavy atom. The van der Waals surface area contributed by atoms with E-state index in [-0.39, 0.29) is 51.1 Å². The van der Waals surface area contributed by atoms with Crippen molar-refractivity contribution in [3.8, 4) is 22.4 Å². The molecule has 0 unspecified atom stereocenters. The summed E-state index contributed by atoms with van der Waals surface area (Å²) in [6.07, 6.45) is 2.88. The minimum Gasteiger partial charge on any atom is -0.355 e. The van der Waals surface area contributed by atoms with E-state index in [1.807, 2.05) is 0 Å². The van der Waals surface area contributed by atoms with Crippen molar-refractivity contribution < 1.29 is 27.3 Å². The van der Waals surface area contributed by atoms with E-state index in [4.69, 9.17) is 4.52 Å². The third kappa shape index (κ3) is 4.50. The van der Waals surface area contributed by atoms with E-state index in [0.29, 0.717) is 11.4 Å². The Morgan fingerprint density at radius 2 is 1.78 bits per heavy atom. The number of hydrogen-bond acceptors (Lipinski definition) is 6. The van der Waals surface area contributed by atoms with Gasteiger partial charge in [0.25, 0.3) is 11.8 Å². The van der Waals surface area contributed by atoms with Crippen molar-refractivity contribution >= 4 is 23.3 Å². The van der Waals surface area contributed by atoms with Crippen LogP contribution in [0, 0.1) is 31.3 Å². The number of hydrogen-bond donors (Lipinski definition) is 1. The van der Waals surface area contributed by atoms with E-state index in [1.165, 1.54) is 66.0 Å². The number of aromatic nitrogens is 4. The number of carbonyl (C=O) groups is 2. The Morgan fingerprint density at radius 1 is 1.05 bits per heavy atom. The van der Waals surface area contributed by atoms with Gasteiger partial charge in [0.2, 0.25) is 0 Å². The molecule has 3 aromatic heterocycles. The molecule has 3 heterocycles. The molecule has 6 rings (SSSR count). The van der Waals surface area contributed by atoms with Crippen LogP contribution in [0.5, 0.6) is 0 Å². The molecule has 41 heavy (non-hydrogen) atoms. The van der Waals surface area contributed by atoms with Crippen molar-refractivity contribution in [2.75, 3.05) is 11.9 Å². The summed E-state index contributed by atoms with van der Waals surface area (Å²) in [7, 11) is 1.40. The van der Waals surface area contributed by atoms with Gasteiger partial charge in [-0.2, -0.15) is 10.1 Å². The number of halogens is 3. The first-order chi connectivity index (χ1) is 19.7. The molecule has 0 bridgehead atoms. The third-order valence-corrected chi connectivity index (χ3v) is 7.04. The summed E-state index contributed by atoms with van der Waals surface area (Å²) in [5.74, 6) is -2.87. The first-order valence-corrected chi connectivity index (χ1v) is 12.8. The summed E-state index contributed by atoms with van der Waals surface area (Å²) in [5.41, 5.74) is 0.481. The number of aryl methyl sites for hydroxylation is 1. The number of nitrogens with zero attached hydrogens (tertiary/aromatic N) is 5. The monoisotopic (exact) mass is 560 g/mol. The molecule has 0 atom stereocenters. The van der Waals surface area contributed by atoms with Gasteiger partial charge >= 0.3 is 6.01 Å². The normalized spacial score (nSPS) is 13.0. The lowest BCUT2D eigenvalue weighted by Gasteiger charge is -2.19. The number of fused-ring (bicyclic) bond motifs is 1. The standard InChI is InChI=1S/C29H23F3N6O3/c1-14-21(12-17(13-22(14)31)28(40)38(19-8-9-19)29-34-15(2)36-41-29)20-10-11-37-26(24(20)32)23(27(39)33-3)25(35-37)16-4-6-18(30)7-5-16/h4-7,10-13,19H,8-9H2,1-3H3,(H,33,39). The molecule has 2 amide bonds. The first-order valence-electron chi connectivity index (χ1n) is 12.8. The van der Waals surface area contributed by atoms with Crippen molar-refractivity contribution in [3.63, 3.8) is 0 Å². The summed E-state index contributed by atoms with van der Waals surface area (Å²) in [5, 5.41) is 10.6. The molecule has 0 aliphatic heterocycles. The molecule has 1 saturated carbocycles. The number of amides is 2. The highest BCUT2D eigenvalue weighted by molar-refractivity contribution is 6.08. The lowest BCUT2D eigenvalue weighted by Crippen LogP contribution is -2.33. The van der Waals surface area contributed by atoms with Crippen LogP contribution in [0.4, 0.5) is 19.2 Å². The van der Waals surface area contributed by atoms with Crippen LogP contribution in [0.25, 0.3) is 27.9 Å². The minimum absolute atomic E-state index is 0.00735. The zero-order valence-electron chi connectivity index (χ0n) is 22.2. The minimum atomic E-state index is -0.842. The fourth-order valence-corrected chi connectivity index (χ4v) is 4.80. The predicted molar refractivity (Wildman–Crippen MR) is 143 cm³/mol. The number of anilines is 1. The Hall–Kier alpha value is -5.00. The number of pyridine rings is 1. The quantitative estimate of drug-likeness (QED) is 0.304. The molecule has 1 aliphatic rings. The second-order valence-corrected chi connectivity index (χ2v) is 9.81. The average molecular weight is 561 g/mol. The lowest BCUT2D eigenvalue weighted by molar-refractivity contribution is 0.0961. The van der Waals surface area contributed by atoms with Crippen molar-refractivity contribution in [2.45, 2.75) is 32.7 Å². The topological polar surface area (TPSA) is 106 Å². The Labute approximate surface area is 231 Å². The second kappa shape index (κ2) is 9.88. The second-order valence-electron chi connectivity index (χ2n) is 9.81. The number of carbonyl (C=O) groups excluding carboxylic acids is 2. The van der Waals surface area contributed by atoms with Crippen LogP contribution in [0.15, 0.2) is 53.2 Å². The summed E-state index contributed by atoms with van der Waals surface area (Å²) in [6, 6.07) is 9.04. The van der Waals surface area contributed by atoms with Gasteiger partial charge in [0.1, 0.15) is 22.8 Å². The van der Waals surface area contributed by atoms with E-state index < -0.39 is 29.3 Å². The molecule has 2 aromatic carbocycles. The molecule has 1 fully saturated rings. The van der Waals surface area contributed by atoms with Crippen LogP contribution in [0.2, 0.25) is 0 Å². The van der Waals surface area contributed by atoms with Gasteiger partial charge in [-0.1, -0.05) is 5.16 Å². The summed E-state index contributed by atoms with van der Waals surface area (Å²) < 4.78 is 51.6. The van der Waals surface area contributed by atoms with Gasteiger partial charge in [0, 0.05) is 36.0 Å². The van der Waals surface area contributed by atoms with Crippen LogP contribution in [-0.4, -0.2) is 44.7 Å². The number of rotatable bonds is 6. The van der Waals surface area contributed by atoms with Crippen LogP contribution < -0.4 is 10.2 Å². The summed E-state index contributed by atoms with van der Waals surface area (Å²) in [4.78, 5) is 32.0. The highest BCUT2D eigenvalue weighted by Gasteiger charge is 2.38. The van der Waals surface area contributed by atoms with Gasteiger partial charge in [0.15, 0.2) is 11.6 Å². The molecule has 1 N–H and O–H groups in total. The van der Waals surface area contributed by atoms with E-state index in [1.54, 1.807) is 6.92 Å². The molecule has 0 spiro atoms. The van der Waals surface area contributed by atoms with Crippen molar-refractivity contribution in [1.29, 1.82) is 0 Å². The Balaban J connectivity index is 1.51. The fourth-order valence-electron chi connectivity index (χ4n) is 4.80. The van der Waals surface area contributed by atoms with E-state index >= 15 is 8.78 Å². The predicted octanol–water partition coefficient (Wildman–Crippen LogP) is 5.25. The van der Waals surface area contributed by atoms with Gasteiger partial charge in [-0.15, -0.1) is 0 Å². The van der Waals surface area contributed by atoms with E-state index in [0.717, 1.165) is 18.9 Å². The highest BCUT2D eigenvalue weighted by atomic mass is 19.1. The molecular weight excluding hydrogens is 537 g/mol. The van der Waals surface area contributed by atoms with Crippen LogP contribution in [-0.2, 0) is 0 Å². The van der Waals surface area contributed by atoms with Gasteiger partial charge in [0.05, 0.1) is 5.56 Å². The number of benzene rings is 2. The number of nitrogens with one attached hydrogen (secondary N) is 1. The molecule has 12 heteroatoms. The molecule has 0 radical (unpaired) electrons. The molecule has 208 valence electrons. The van der Waals surface area contributed by atoms with Gasteiger partial charge in [-0.3, -0.25) is 14.5 Å². The van der Waals surface area contributed by atoms with Crippen molar-refractivity contribution in [1.82, 2.24) is 25.1 Å². The highest BCUT2D eigenvalue weighted by Crippen LogP contribution is 2.37. The molecular formula is C29H23F3N6O3. The van der Waals surface area contributed by atoms with E-state index in [2.05, 4.69) is 20.6 Å². The SMILES string of the molecule is CNC(=O)c1c(-c2ccc(F)cc2)nn2ccc(-c3cc(C(=O)N(c4nc(C)no4)C4CC4)cc(F)c3C)c(F)c12. The average Bonchev–Trinajstić information content (AvgIpc) is 3.57. The zero-order chi connectivity index (χ0) is 29.0. The Kier molecular flexibility index (Phi) is 6.32. The molecule has 1 aliphatic carbocycles. The largest absolute Gasteiger partial charge is 0.355 e. The van der Waals surface area contributed by atoms with Crippen LogP contribution in [0.1, 0.15) is 44.9 Å². The smallest absolute Gasteiger partial charge is 0.331 e. The van der Waals surface area contributed by atoms with E-state index in [9.17, 15) is 14.0 Å². The fraction of sp³-hybridized carbons (Fsp3) is 0.207. The van der Waals surface area contributed by atoms with Crippen molar-refractivity contribution in [2.24, 2.45) is 0 Å². The maximum Gasteiger partial charge on any atom is 0.331 e. The summed E-state index contributed by atoms with van der Waals surface area (Å²) >= 11 is 0. The summed E-state index contributed by atoms with van der Waals surface area (Å²) in [6.45, 7) is 3.10. The third-order valence-electron chi connectivity index (χ3n) is 7.04. The first kappa shape index (κ1) is 26.2. The van der Waals surface area contributed by atoms with Gasteiger partial charge < -0.3 is 9.84 Å². The zero-order valence-corrected chi connectivity index (χ0v) is 22.2. The molecule has 9 nitrogen and oxygen atoms in total. The van der Waals surface area contributed by atoms with Crippen LogP contribution >= 0.6 is 0 Å². The molecule has 5 aromatic rings.